The molecule has 0 fully saturated rings. The smallest absolute Gasteiger partial charge is 0.238 e. The summed E-state index contributed by atoms with van der Waals surface area (Å²) in [4.78, 5) is 14.0. The summed E-state index contributed by atoms with van der Waals surface area (Å²) >= 11 is 1.61. The van der Waals surface area contributed by atoms with Crippen LogP contribution in [0, 0.1) is 5.92 Å². The monoisotopic (exact) mass is 355 g/mol. The molecule has 2 nitrogen and oxygen atoms in total. The summed E-state index contributed by atoms with van der Waals surface area (Å²) in [6, 6.07) is 20.4. The molecule has 2 atom stereocenters. The van der Waals surface area contributed by atoms with E-state index in [1.54, 1.807) is 11.8 Å². The van der Waals surface area contributed by atoms with Gasteiger partial charge in [0.2, 0.25) is 5.91 Å². The maximum Gasteiger partial charge on any atom is 0.238 e. The molecule has 0 aromatic heterocycles. The van der Waals surface area contributed by atoms with E-state index in [2.05, 4.69) is 38.2 Å². The number of amides is 1. The second-order valence-electron chi connectivity index (χ2n) is 6.96. The van der Waals surface area contributed by atoms with Crippen LogP contribution >= 0.6 is 11.8 Å². The number of nitrogens with one attached hydrogen (secondary N) is 1. The van der Waals surface area contributed by atoms with Gasteiger partial charge in [-0.2, -0.15) is 0 Å². The largest absolute Gasteiger partial charge is 0.352 e. The highest BCUT2D eigenvalue weighted by molar-refractivity contribution is 8.00. The van der Waals surface area contributed by atoms with Gasteiger partial charge in [-0.15, -0.1) is 11.8 Å². The van der Waals surface area contributed by atoms with E-state index in [1.165, 1.54) is 6.42 Å². The highest BCUT2D eigenvalue weighted by atomic mass is 32.2. The zero-order valence-corrected chi connectivity index (χ0v) is 16.3. The minimum absolute atomic E-state index is 0.0945. The van der Waals surface area contributed by atoms with E-state index in [0.717, 1.165) is 23.3 Å². The molecule has 2 aromatic rings. The van der Waals surface area contributed by atoms with Gasteiger partial charge >= 0.3 is 0 Å². The average molecular weight is 356 g/mol. The van der Waals surface area contributed by atoms with Crippen LogP contribution in [0.4, 0.5) is 0 Å². The summed E-state index contributed by atoms with van der Waals surface area (Å²) in [7, 11) is 0. The zero-order valence-electron chi connectivity index (χ0n) is 15.4. The molecule has 0 unspecified atom stereocenters. The molecule has 0 spiro atoms. The molecule has 134 valence electrons. The number of carbonyl (C=O) groups is 1. The second-order valence-corrected chi connectivity index (χ2v) is 8.13. The molecule has 1 N–H and O–H groups in total. The van der Waals surface area contributed by atoms with Crippen molar-refractivity contribution in [2.75, 3.05) is 0 Å². The van der Waals surface area contributed by atoms with E-state index in [-0.39, 0.29) is 17.2 Å². The van der Waals surface area contributed by atoms with Gasteiger partial charge in [0.15, 0.2) is 0 Å². The lowest BCUT2D eigenvalue weighted by Gasteiger charge is -2.21. The Hall–Kier alpha value is -1.74. The Morgan fingerprint density at radius 3 is 2.12 bits per heavy atom. The number of hydrogen-bond acceptors (Lipinski definition) is 2. The SMILES string of the molecule is CC(C)CCC[C@H](C)NC(=O)[C@@H](Sc1ccccc1)c1ccccc1. The van der Waals surface area contributed by atoms with E-state index in [9.17, 15) is 4.79 Å². The van der Waals surface area contributed by atoms with Crippen LogP contribution < -0.4 is 5.32 Å². The predicted molar refractivity (Wildman–Crippen MR) is 108 cm³/mol. The van der Waals surface area contributed by atoms with Gasteiger partial charge in [0.25, 0.3) is 0 Å². The topological polar surface area (TPSA) is 29.1 Å². The molecule has 3 heteroatoms. The Balaban J connectivity index is 2.03. The van der Waals surface area contributed by atoms with Crippen molar-refractivity contribution in [3.63, 3.8) is 0 Å². The van der Waals surface area contributed by atoms with Gasteiger partial charge < -0.3 is 5.32 Å². The summed E-state index contributed by atoms with van der Waals surface area (Å²) in [6.07, 6.45) is 3.39. The summed E-state index contributed by atoms with van der Waals surface area (Å²) in [5, 5.41) is 2.99. The third kappa shape index (κ3) is 6.95. The third-order valence-electron chi connectivity index (χ3n) is 4.14. The maximum atomic E-state index is 12.9. The fourth-order valence-corrected chi connectivity index (χ4v) is 3.81. The minimum atomic E-state index is -0.226. The molecule has 0 aliphatic heterocycles. The van der Waals surface area contributed by atoms with Gasteiger partial charge in [0, 0.05) is 10.9 Å². The van der Waals surface area contributed by atoms with Gasteiger partial charge in [0.1, 0.15) is 5.25 Å². The van der Waals surface area contributed by atoms with E-state index in [4.69, 9.17) is 0 Å². The molecule has 0 saturated carbocycles. The molecule has 0 aliphatic rings. The predicted octanol–water partition coefficient (Wildman–Crippen LogP) is 5.85. The van der Waals surface area contributed by atoms with Crippen molar-refractivity contribution >= 4 is 17.7 Å². The number of rotatable bonds is 9. The highest BCUT2D eigenvalue weighted by Gasteiger charge is 2.23. The molecule has 2 rings (SSSR count). The Morgan fingerprint density at radius 2 is 1.52 bits per heavy atom. The Morgan fingerprint density at radius 1 is 0.920 bits per heavy atom. The van der Waals surface area contributed by atoms with E-state index in [0.29, 0.717) is 5.92 Å². The quantitative estimate of drug-likeness (QED) is 0.572. The van der Waals surface area contributed by atoms with Gasteiger partial charge in [-0.25, -0.2) is 0 Å². The summed E-state index contributed by atoms with van der Waals surface area (Å²) in [5.74, 6) is 0.811. The van der Waals surface area contributed by atoms with Crippen LogP contribution in [0.3, 0.4) is 0 Å². The Bertz CT molecular complexity index is 627. The van der Waals surface area contributed by atoms with Crippen molar-refractivity contribution in [1.29, 1.82) is 0 Å². The van der Waals surface area contributed by atoms with Gasteiger partial charge in [-0.3, -0.25) is 4.79 Å². The lowest BCUT2D eigenvalue weighted by atomic mass is 10.0. The maximum absolute atomic E-state index is 12.9. The lowest BCUT2D eigenvalue weighted by molar-refractivity contribution is -0.121. The van der Waals surface area contributed by atoms with Crippen molar-refractivity contribution in [2.45, 2.75) is 56.2 Å². The highest BCUT2D eigenvalue weighted by Crippen LogP contribution is 2.35. The summed E-state index contributed by atoms with van der Waals surface area (Å²) < 4.78 is 0. The van der Waals surface area contributed by atoms with Crippen LogP contribution in [0.1, 0.15) is 50.8 Å². The average Bonchev–Trinajstić information content (AvgIpc) is 2.61. The number of thioether (sulfide) groups is 1. The van der Waals surface area contributed by atoms with Crippen LogP contribution in [0.15, 0.2) is 65.6 Å². The fraction of sp³-hybridized carbons (Fsp3) is 0.409. The van der Waals surface area contributed by atoms with Gasteiger partial charge in [0.05, 0.1) is 0 Å². The molecule has 0 heterocycles. The van der Waals surface area contributed by atoms with Crippen LogP contribution in [0.25, 0.3) is 0 Å². The van der Waals surface area contributed by atoms with Crippen molar-refractivity contribution in [1.82, 2.24) is 5.32 Å². The van der Waals surface area contributed by atoms with E-state index >= 15 is 0 Å². The molecule has 25 heavy (non-hydrogen) atoms. The molecule has 0 bridgehead atoms. The fourth-order valence-electron chi connectivity index (χ4n) is 2.76. The number of carbonyl (C=O) groups excluding carboxylic acids is 1. The molecule has 0 saturated heterocycles. The van der Waals surface area contributed by atoms with Crippen molar-refractivity contribution < 1.29 is 4.79 Å². The van der Waals surface area contributed by atoms with E-state index < -0.39 is 0 Å². The Kier molecular flexibility index (Phi) is 8.07. The molecule has 1 amide bonds. The van der Waals surface area contributed by atoms with Crippen LogP contribution in [0.2, 0.25) is 0 Å². The first-order chi connectivity index (χ1) is 12.1. The van der Waals surface area contributed by atoms with E-state index in [1.807, 2.05) is 48.5 Å². The zero-order chi connectivity index (χ0) is 18.1. The van der Waals surface area contributed by atoms with Crippen LogP contribution in [0.5, 0.6) is 0 Å². The van der Waals surface area contributed by atoms with Crippen molar-refractivity contribution in [3.05, 3.63) is 66.2 Å². The number of hydrogen-bond donors (Lipinski definition) is 1. The summed E-state index contributed by atoms with van der Waals surface area (Å²) in [6.45, 7) is 6.59. The molecule has 0 aliphatic carbocycles. The molecular weight excluding hydrogens is 326 g/mol. The first-order valence-corrected chi connectivity index (χ1v) is 10.0. The number of benzene rings is 2. The van der Waals surface area contributed by atoms with Gasteiger partial charge in [-0.05, 0) is 37.0 Å². The second kappa shape index (κ2) is 10.3. The van der Waals surface area contributed by atoms with Crippen molar-refractivity contribution in [3.8, 4) is 0 Å². The first kappa shape index (κ1) is 19.6. The van der Waals surface area contributed by atoms with Crippen LogP contribution in [-0.4, -0.2) is 11.9 Å². The van der Waals surface area contributed by atoms with Crippen LogP contribution in [-0.2, 0) is 4.79 Å². The molecule has 2 aromatic carbocycles. The normalized spacial score (nSPS) is 13.4. The lowest BCUT2D eigenvalue weighted by Crippen LogP contribution is -2.35. The molecular formula is C22H29NOS. The van der Waals surface area contributed by atoms with Gasteiger partial charge in [-0.1, -0.05) is 75.2 Å². The standard InChI is InChI=1S/C22H29NOS/c1-17(2)11-10-12-18(3)23-22(24)21(19-13-6-4-7-14-19)25-20-15-8-5-9-16-20/h4-9,13-18,21H,10-12H2,1-3H3,(H,23,24)/t18-,21-/m0/s1. The first-order valence-electron chi connectivity index (χ1n) is 9.13. The Labute approximate surface area is 156 Å². The third-order valence-corrected chi connectivity index (χ3v) is 5.41. The molecule has 0 radical (unpaired) electrons. The van der Waals surface area contributed by atoms with Crippen molar-refractivity contribution in [2.24, 2.45) is 5.92 Å². The summed E-state index contributed by atoms with van der Waals surface area (Å²) in [5.41, 5.74) is 1.04. The minimum Gasteiger partial charge on any atom is -0.352 e.